The van der Waals surface area contributed by atoms with Gasteiger partial charge in [-0.15, -0.1) is 0 Å². The Hall–Kier alpha value is -0.270. The summed E-state index contributed by atoms with van der Waals surface area (Å²) in [7, 11) is -4.49. The van der Waals surface area contributed by atoms with Crippen molar-refractivity contribution in [3.63, 3.8) is 0 Å². The highest BCUT2D eigenvalue weighted by atomic mass is 32.2. The van der Waals surface area contributed by atoms with Crippen LogP contribution >= 0.6 is 0 Å². The average Bonchev–Trinajstić information content (AvgIpc) is 2.19. The molecule has 1 aliphatic rings. The highest BCUT2D eigenvalue weighted by Gasteiger charge is 2.47. The molecular formula is C7H13F2NO3S. The molecule has 7 heteroatoms. The van der Waals surface area contributed by atoms with E-state index in [1.807, 2.05) is 0 Å². The fourth-order valence-corrected chi connectivity index (χ4v) is 2.53. The molecule has 0 unspecified atom stereocenters. The van der Waals surface area contributed by atoms with E-state index in [-0.39, 0.29) is 26.3 Å². The maximum atomic E-state index is 13.0. The smallest absolute Gasteiger partial charge is 0.359 e. The number of rotatable bonds is 3. The lowest BCUT2D eigenvalue weighted by Gasteiger charge is -2.29. The van der Waals surface area contributed by atoms with Crippen LogP contribution in [0.15, 0.2) is 0 Å². The van der Waals surface area contributed by atoms with Gasteiger partial charge in [0, 0.05) is 19.5 Å². The van der Waals surface area contributed by atoms with E-state index in [0.717, 1.165) is 11.2 Å². The minimum atomic E-state index is -4.49. The van der Waals surface area contributed by atoms with Crippen LogP contribution in [0, 0.1) is 0 Å². The molecule has 0 aliphatic carbocycles. The lowest BCUT2D eigenvalue weighted by molar-refractivity contribution is 0.0498. The third-order valence-electron chi connectivity index (χ3n) is 2.10. The van der Waals surface area contributed by atoms with Crippen molar-refractivity contribution in [1.29, 1.82) is 0 Å². The van der Waals surface area contributed by atoms with Gasteiger partial charge in [0.25, 0.3) is 10.0 Å². The fourth-order valence-electron chi connectivity index (χ4n) is 1.16. The van der Waals surface area contributed by atoms with Gasteiger partial charge in [-0.2, -0.15) is 13.1 Å². The number of halogens is 2. The van der Waals surface area contributed by atoms with Crippen molar-refractivity contribution < 1.29 is 21.9 Å². The molecule has 0 bridgehead atoms. The van der Waals surface area contributed by atoms with Crippen LogP contribution in [0.1, 0.15) is 13.3 Å². The summed E-state index contributed by atoms with van der Waals surface area (Å²) in [5.41, 5.74) is 0. The SMILES string of the molecule is CCC(F)(F)S(=O)(=O)N1CCOCC1. The second kappa shape index (κ2) is 4.08. The van der Waals surface area contributed by atoms with E-state index in [2.05, 4.69) is 0 Å². The molecule has 0 atom stereocenters. The van der Waals surface area contributed by atoms with Gasteiger partial charge in [-0.1, -0.05) is 6.92 Å². The quantitative estimate of drug-likeness (QED) is 0.714. The topological polar surface area (TPSA) is 46.6 Å². The van der Waals surface area contributed by atoms with E-state index in [1.165, 1.54) is 0 Å². The van der Waals surface area contributed by atoms with Crippen molar-refractivity contribution in [3.05, 3.63) is 0 Å². The van der Waals surface area contributed by atoms with E-state index >= 15 is 0 Å². The van der Waals surface area contributed by atoms with Crippen LogP contribution in [0.5, 0.6) is 0 Å². The van der Waals surface area contributed by atoms with Crippen LogP contribution in [0.4, 0.5) is 8.78 Å². The van der Waals surface area contributed by atoms with Gasteiger partial charge in [-0.3, -0.25) is 0 Å². The minimum Gasteiger partial charge on any atom is -0.379 e. The summed E-state index contributed by atoms with van der Waals surface area (Å²) >= 11 is 0. The third-order valence-corrected chi connectivity index (χ3v) is 4.19. The first-order chi connectivity index (χ1) is 6.42. The first kappa shape index (κ1) is 11.8. The highest BCUT2D eigenvalue weighted by Crippen LogP contribution is 2.28. The van der Waals surface area contributed by atoms with Crippen molar-refractivity contribution in [2.24, 2.45) is 0 Å². The second-order valence-corrected chi connectivity index (χ2v) is 5.07. The zero-order valence-electron chi connectivity index (χ0n) is 7.87. The molecule has 0 aromatic rings. The van der Waals surface area contributed by atoms with Crippen LogP contribution in [0.3, 0.4) is 0 Å². The number of alkyl halides is 2. The highest BCUT2D eigenvalue weighted by molar-refractivity contribution is 7.90. The Bertz CT molecular complexity index is 285. The predicted octanol–water partition coefficient (Wildman–Crippen LogP) is 0.651. The van der Waals surface area contributed by atoms with Crippen molar-refractivity contribution in [1.82, 2.24) is 4.31 Å². The van der Waals surface area contributed by atoms with Gasteiger partial charge >= 0.3 is 5.25 Å². The van der Waals surface area contributed by atoms with Crippen LogP contribution in [-0.2, 0) is 14.8 Å². The summed E-state index contributed by atoms with van der Waals surface area (Å²) in [6, 6.07) is 0. The minimum absolute atomic E-state index is 0.0118. The van der Waals surface area contributed by atoms with E-state index < -0.39 is 21.7 Å². The molecular weight excluding hydrogens is 216 g/mol. The van der Waals surface area contributed by atoms with Crippen LogP contribution in [-0.4, -0.2) is 44.3 Å². The molecule has 1 saturated heterocycles. The monoisotopic (exact) mass is 229 g/mol. The Morgan fingerprint density at radius 2 is 1.86 bits per heavy atom. The van der Waals surface area contributed by atoms with Crippen LogP contribution in [0.25, 0.3) is 0 Å². The van der Waals surface area contributed by atoms with Gasteiger partial charge in [0.1, 0.15) is 0 Å². The summed E-state index contributed by atoms with van der Waals surface area (Å²) in [6.45, 7) is 1.53. The van der Waals surface area contributed by atoms with E-state index in [1.54, 1.807) is 0 Å². The number of nitrogens with zero attached hydrogens (tertiary/aromatic N) is 1. The average molecular weight is 229 g/mol. The van der Waals surface area contributed by atoms with Gasteiger partial charge in [-0.05, 0) is 0 Å². The number of hydrogen-bond donors (Lipinski definition) is 0. The molecule has 14 heavy (non-hydrogen) atoms. The Morgan fingerprint density at radius 1 is 1.36 bits per heavy atom. The summed E-state index contributed by atoms with van der Waals surface area (Å²) in [6.07, 6.45) is -0.702. The van der Waals surface area contributed by atoms with Crippen LogP contribution in [0.2, 0.25) is 0 Å². The molecule has 0 amide bonds. The van der Waals surface area contributed by atoms with Crippen molar-refractivity contribution in [3.8, 4) is 0 Å². The number of sulfonamides is 1. The Labute approximate surface area is 81.9 Å². The van der Waals surface area contributed by atoms with Gasteiger partial charge < -0.3 is 4.74 Å². The van der Waals surface area contributed by atoms with E-state index in [9.17, 15) is 17.2 Å². The number of morpholine rings is 1. The molecule has 4 nitrogen and oxygen atoms in total. The van der Waals surface area contributed by atoms with Gasteiger partial charge in [0.15, 0.2) is 0 Å². The van der Waals surface area contributed by atoms with Crippen molar-refractivity contribution in [2.75, 3.05) is 26.3 Å². The molecule has 0 saturated carbocycles. The molecule has 0 aromatic carbocycles. The standard InChI is InChI=1S/C7H13F2NO3S/c1-2-7(8,9)14(11,12)10-3-5-13-6-4-10/h2-6H2,1H3. The molecule has 1 heterocycles. The van der Waals surface area contributed by atoms with Gasteiger partial charge in [0.05, 0.1) is 13.2 Å². The van der Waals surface area contributed by atoms with Gasteiger partial charge in [-0.25, -0.2) is 8.42 Å². The summed E-state index contributed by atoms with van der Waals surface area (Å²) in [5.74, 6) is 0. The van der Waals surface area contributed by atoms with E-state index in [0.29, 0.717) is 0 Å². The molecule has 0 spiro atoms. The first-order valence-corrected chi connectivity index (χ1v) is 5.81. The molecule has 0 radical (unpaired) electrons. The molecule has 1 rings (SSSR count). The summed E-state index contributed by atoms with van der Waals surface area (Å²) in [4.78, 5) is 0. The third kappa shape index (κ3) is 2.04. The largest absolute Gasteiger partial charge is 0.379 e. The van der Waals surface area contributed by atoms with E-state index in [4.69, 9.17) is 4.74 Å². The van der Waals surface area contributed by atoms with Crippen molar-refractivity contribution >= 4 is 10.0 Å². The Kier molecular flexibility index (Phi) is 3.44. The number of ether oxygens (including phenoxy) is 1. The molecule has 1 aliphatic heterocycles. The molecule has 1 fully saturated rings. The normalized spacial score (nSPS) is 21.1. The lowest BCUT2D eigenvalue weighted by Crippen LogP contribution is -2.47. The fraction of sp³-hybridized carbons (Fsp3) is 1.00. The summed E-state index contributed by atoms with van der Waals surface area (Å²) in [5, 5.41) is -3.66. The zero-order chi connectivity index (χ0) is 10.8. The Morgan fingerprint density at radius 3 is 2.29 bits per heavy atom. The maximum Gasteiger partial charge on any atom is 0.359 e. The lowest BCUT2D eigenvalue weighted by atomic mass is 10.5. The Balaban J connectivity index is 2.83. The van der Waals surface area contributed by atoms with Crippen molar-refractivity contribution in [2.45, 2.75) is 18.6 Å². The maximum absolute atomic E-state index is 13.0. The molecule has 0 N–H and O–H groups in total. The second-order valence-electron chi connectivity index (χ2n) is 3.01. The predicted molar refractivity (Wildman–Crippen MR) is 46.5 cm³/mol. The van der Waals surface area contributed by atoms with Crippen LogP contribution < -0.4 is 0 Å². The molecule has 0 aromatic heterocycles. The summed E-state index contributed by atoms with van der Waals surface area (Å²) < 4.78 is 54.5. The molecule has 84 valence electrons. The first-order valence-electron chi connectivity index (χ1n) is 4.37. The van der Waals surface area contributed by atoms with Gasteiger partial charge in [0.2, 0.25) is 0 Å². The zero-order valence-corrected chi connectivity index (χ0v) is 8.69. The number of hydrogen-bond acceptors (Lipinski definition) is 3.